The highest BCUT2D eigenvalue weighted by Gasteiger charge is 2.15. The molecule has 1 N–H and O–H groups in total. The lowest BCUT2D eigenvalue weighted by Crippen LogP contribution is -2.15. The van der Waals surface area contributed by atoms with Crippen LogP contribution in [0.3, 0.4) is 0 Å². The molecule has 0 saturated carbocycles. The molecular weight excluding hydrogens is 333 g/mol. The van der Waals surface area contributed by atoms with Crippen LogP contribution in [-0.4, -0.2) is 13.2 Å². The van der Waals surface area contributed by atoms with E-state index in [0.29, 0.717) is 46.3 Å². The molecule has 3 nitrogen and oxygen atoms in total. The first kappa shape index (κ1) is 14.6. The summed E-state index contributed by atoms with van der Waals surface area (Å²) < 4.78 is 11.0. The Morgan fingerprint density at radius 3 is 2.14 bits per heavy atom. The van der Waals surface area contributed by atoms with Crippen LogP contribution >= 0.6 is 34.8 Å². The predicted octanol–water partition coefficient (Wildman–Crippen LogP) is 5.03. The van der Waals surface area contributed by atoms with E-state index < -0.39 is 0 Å². The molecule has 1 aliphatic heterocycles. The first-order valence-electron chi connectivity index (χ1n) is 6.40. The molecule has 3 rings (SSSR count). The first-order valence-corrected chi connectivity index (χ1v) is 7.53. The van der Waals surface area contributed by atoms with E-state index in [0.717, 1.165) is 11.3 Å². The molecule has 0 bridgehead atoms. The second-order valence-electron chi connectivity index (χ2n) is 4.61. The lowest BCUT2D eigenvalue weighted by Gasteiger charge is -2.20. The number of nitrogens with one attached hydrogen (secondary N) is 1. The van der Waals surface area contributed by atoms with Crippen LogP contribution in [-0.2, 0) is 6.54 Å². The molecule has 0 amide bonds. The van der Waals surface area contributed by atoms with Crippen LogP contribution in [0.25, 0.3) is 0 Å². The molecule has 0 fully saturated rings. The minimum absolute atomic E-state index is 0.539. The van der Waals surface area contributed by atoms with Gasteiger partial charge in [-0.3, -0.25) is 0 Å². The highest BCUT2D eigenvalue weighted by Crippen LogP contribution is 2.38. The molecule has 0 spiro atoms. The second kappa shape index (κ2) is 6.22. The summed E-state index contributed by atoms with van der Waals surface area (Å²) in [5.74, 6) is 1.36. The number of hydrogen-bond acceptors (Lipinski definition) is 3. The molecule has 2 aromatic carbocycles. The van der Waals surface area contributed by atoms with Crippen molar-refractivity contribution in [1.82, 2.24) is 0 Å². The third-order valence-corrected chi connectivity index (χ3v) is 3.79. The minimum Gasteiger partial charge on any atom is -0.486 e. The Labute approximate surface area is 137 Å². The van der Waals surface area contributed by atoms with E-state index in [4.69, 9.17) is 44.3 Å². The third kappa shape index (κ3) is 3.49. The summed E-state index contributed by atoms with van der Waals surface area (Å²) in [6.07, 6.45) is 0. The SMILES string of the molecule is Clc1cc(Cl)cc(CNc2cc3c(cc2Cl)OCCO3)c1. The maximum Gasteiger partial charge on any atom is 0.163 e. The van der Waals surface area contributed by atoms with Crippen molar-refractivity contribution in [2.45, 2.75) is 6.54 Å². The monoisotopic (exact) mass is 343 g/mol. The zero-order valence-corrected chi connectivity index (χ0v) is 13.2. The van der Waals surface area contributed by atoms with Gasteiger partial charge in [0, 0.05) is 28.7 Å². The van der Waals surface area contributed by atoms with Gasteiger partial charge in [-0.1, -0.05) is 34.8 Å². The van der Waals surface area contributed by atoms with E-state index in [1.807, 2.05) is 18.2 Å². The molecular formula is C15H12Cl3NO2. The van der Waals surface area contributed by atoms with Gasteiger partial charge in [0.05, 0.1) is 10.7 Å². The van der Waals surface area contributed by atoms with Gasteiger partial charge in [-0.05, 0) is 23.8 Å². The van der Waals surface area contributed by atoms with Crippen LogP contribution in [0.5, 0.6) is 11.5 Å². The second-order valence-corrected chi connectivity index (χ2v) is 5.89. The molecule has 110 valence electrons. The minimum atomic E-state index is 0.539. The normalized spacial score (nSPS) is 13.1. The number of rotatable bonds is 3. The van der Waals surface area contributed by atoms with Gasteiger partial charge in [0.1, 0.15) is 13.2 Å². The van der Waals surface area contributed by atoms with Crippen LogP contribution < -0.4 is 14.8 Å². The number of halogens is 3. The Morgan fingerprint density at radius 2 is 1.48 bits per heavy atom. The molecule has 0 radical (unpaired) electrons. The van der Waals surface area contributed by atoms with Crippen molar-refractivity contribution in [3.05, 3.63) is 51.0 Å². The summed E-state index contributed by atoms with van der Waals surface area (Å²) in [6, 6.07) is 8.99. The predicted molar refractivity (Wildman–Crippen MR) is 86.2 cm³/mol. The van der Waals surface area contributed by atoms with Crippen molar-refractivity contribution in [3.8, 4) is 11.5 Å². The van der Waals surface area contributed by atoms with E-state index in [-0.39, 0.29) is 0 Å². The van der Waals surface area contributed by atoms with Crippen LogP contribution in [0, 0.1) is 0 Å². The van der Waals surface area contributed by atoms with Gasteiger partial charge in [-0.2, -0.15) is 0 Å². The molecule has 21 heavy (non-hydrogen) atoms. The Morgan fingerprint density at radius 1 is 0.857 bits per heavy atom. The first-order chi connectivity index (χ1) is 10.1. The Balaban J connectivity index is 1.78. The van der Waals surface area contributed by atoms with Crippen molar-refractivity contribution in [1.29, 1.82) is 0 Å². The summed E-state index contributed by atoms with van der Waals surface area (Å²) in [4.78, 5) is 0. The molecule has 1 aliphatic rings. The van der Waals surface area contributed by atoms with Crippen molar-refractivity contribution >= 4 is 40.5 Å². The Kier molecular flexibility index (Phi) is 4.34. The highest BCUT2D eigenvalue weighted by molar-refractivity contribution is 6.34. The summed E-state index contributed by atoms with van der Waals surface area (Å²) in [5, 5.41) is 5.03. The maximum absolute atomic E-state index is 6.24. The van der Waals surface area contributed by atoms with Crippen molar-refractivity contribution in [2.24, 2.45) is 0 Å². The number of fused-ring (bicyclic) bond motifs is 1. The largest absolute Gasteiger partial charge is 0.486 e. The van der Waals surface area contributed by atoms with Crippen molar-refractivity contribution in [3.63, 3.8) is 0 Å². The van der Waals surface area contributed by atoms with E-state index in [9.17, 15) is 0 Å². The van der Waals surface area contributed by atoms with Gasteiger partial charge in [0.2, 0.25) is 0 Å². The van der Waals surface area contributed by atoms with Gasteiger partial charge < -0.3 is 14.8 Å². The van der Waals surface area contributed by atoms with Crippen LogP contribution in [0.4, 0.5) is 5.69 Å². The molecule has 1 heterocycles. The van der Waals surface area contributed by atoms with Gasteiger partial charge in [0.25, 0.3) is 0 Å². The molecule has 0 saturated heterocycles. The number of hydrogen-bond donors (Lipinski definition) is 1. The average molecular weight is 345 g/mol. The number of ether oxygens (including phenoxy) is 2. The fraction of sp³-hybridized carbons (Fsp3) is 0.200. The molecule has 2 aromatic rings. The molecule has 0 aromatic heterocycles. The maximum atomic E-state index is 6.24. The number of anilines is 1. The third-order valence-electron chi connectivity index (χ3n) is 3.04. The zero-order chi connectivity index (χ0) is 14.8. The van der Waals surface area contributed by atoms with Crippen LogP contribution in [0.2, 0.25) is 15.1 Å². The average Bonchev–Trinajstić information content (AvgIpc) is 2.44. The summed E-state index contributed by atoms with van der Waals surface area (Å²) in [5.41, 5.74) is 1.75. The van der Waals surface area contributed by atoms with E-state index in [1.165, 1.54) is 0 Å². The molecule has 0 atom stereocenters. The number of benzene rings is 2. The van der Waals surface area contributed by atoms with E-state index >= 15 is 0 Å². The summed E-state index contributed by atoms with van der Waals surface area (Å²) >= 11 is 18.2. The highest BCUT2D eigenvalue weighted by atomic mass is 35.5. The molecule has 0 aliphatic carbocycles. The summed E-state index contributed by atoms with van der Waals surface area (Å²) in [6.45, 7) is 1.63. The Bertz CT molecular complexity index is 656. The van der Waals surface area contributed by atoms with Gasteiger partial charge in [0.15, 0.2) is 11.5 Å². The lowest BCUT2D eigenvalue weighted by molar-refractivity contribution is 0.171. The molecule has 0 unspecified atom stereocenters. The standard InChI is InChI=1S/C15H12Cl3NO2/c16-10-3-9(4-11(17)5-10)8-19-13-7-15-14(6-12(13)18)20-1-2-21-15/h3-7,19H,1-2,8H2. The van der Waals surface area contributed by atoms with E-state index in [1.54, 1.807) is 12.1 Å². The quantitative estimate of drug-likeness (QED) is 0.847. The lowest BCUT2D eigenvalue weighted by atomic mass is 10.2. The molecule has 6 heteroatoms. The fourth-order valence-electron chi connectivity index (χ4n) is 2.11. The smallest absolute Gasteiger partial charge is 0.163 e. The van der Waals surface area contributed by atoms with Crippen molar-refractivity contribution < 1.29 is 9.47 Å². The van der Waals surface area contributed by atoms with E-state index in [2.05, 4.69) is 5.32 Å². The van der Waals surface area contributed by atoms with Gasteiger partial charge in [-0.15, -0.1) is 0 Å². The Hall–Kier alpha value is -1.29. The zero-order valence-electron chi connectivity index (χ0n) is 11.0. The van der Waals surface area contributed by atoms with Gasteiger partial charge in [-0.25, -0.2) is 0 Å². The fourth-order valence-corrected chi connectivity index (χ4v) is 2.90. The van der Waals surface area contributed by atoms with Gasteiger partial charge >= 0.3 is 0 Å². The summed E-state index contributed by atoms with van der Waals surface area (Å²) in [7, 11) is 0. The van der Waals surface area contributed by atoms with Crippen molar-refractivity contribution in [2.75, 3.05) is 18.5 Å². The van der Waals surface area contributed by atoms with Crippen LogP contribution in [0.1, 0.15) is 5.56 Å². The topological polar surface area (TPSA) is 30.5 Å². The van der Waals surface area contributed by atoms with Crippen LogP contribution in [0.15, 0.2) is 30.3 Å².